The molecule has 2 rings (SSSR count). The van der Waals surface area contributed by atoms with E-state index in [9.17, 15) is 4.79 Å². The Bertz CT molecular complexity index is 280. The Labute approximate surface area is 80.1 Å². The molecule has 0 N–H and O–H groups in total. The lowest BCUT2D eigenvalue weighted by atomic mass is 10.3. The third-order valence-corrected chi connectivity index (χ3v) is 2.60. The second-order valence-corrected chi connectivity index (χ2v) is 3.67. The van der Waals surface area contributed by atoms with Crippen LogP contribution in [0.15, 0.2) is 5.51 Å². The van der Waals surface area contributed by atoms with Gasteiger partial charge in [0.25, 0.3) is 5.82 Å². The topological polar surface area (TPSA) is 52.1 Å². The highest BCUT2D eigenvalue weighted by Crippen LogP contribution is 2.21. The molecule has 1 aliphatic carbocycles. The van der Waals surface area contributed by atoms with Gasteiger partial charge in [-0.15, -0.1) is 0 Å². The van der Waals surface area contributed by atoms with E-state index in [0.717, 1.165) is 37.2 Å². The molecule has 5 heteroatoms. The summed E-state index contributed by atoms with van der Waals surface area (Å²) in [6.07, 6.45) is 4.37. The van der Waals surface area contributed by atoms with Gasteiger partial charge in [0.15, 0.2) is 0 Å². The summed E-state index contributed by atoms with van der Waals surface area (Å²) in [4.78, 5) is 15.1. The number of esters is 1. The van der Waals surface area contributed by atoms with Gasteiger partial charge < -0.3 is 4.74 Å². The number of carbonyl (C=O) groups excluding carboxylic acids is 1. The minimum absolute atomic E-state index is 0.0935. The molecular formula is C8H10N2O2S. The second-order valence-electron chi connectivity index (χ2n) is 3.07. The van der Waals surface area contributed by atoms with Gasteiger partial charge in [0.05, 0.1) is 0 Å². The zero-order chi connectivity index (χ0) is 9.10. The molecular weight excluding hydrogens is 188 g/mol. The number of hydrogen-bond donors (Lipinski definition) is 0. The van der Waals surface area contributed by atoms with Crippen LogP contribution in [0.1, 0.15) is 36.3 Å². The standard InChI is InChI=1S/C8H10N2O2S/c11-8(7-9-5-13-10-7)12-6-3-1-2-4-6/h5-6H,1-4H2. The monoisotopic (exact) mass is 198 g/mol. The molecule has 4 nitrogen and oxygen atoms in total. The van der Waals surface area contributed by atoms with E-state index in [0.29, 0.717) is 0 Å². The van der Waals surface area contributed by atoms with Crippen LogP contribution < -0.4 is 0 Å². The first-order chi connectivity index (χ1) is 6.36. The molecule has 0 atom stereocenters. The quantitative estimate of drug-likeness (QED) is 0.678. The van der Waals surface area contributed by atoms with Crippen LogP contribution in [-0.2, 0) is 4.74 Å². The van der Waals surface area contributed by atoms with Crippen LogP contribution >= 0.6 is 11.5 Å². The van der Waals surface area contributed by atoms with E-state index in [1.165, 1.54) is 5.51 Å². The fraction of sp³-hybridized carbons (Fsp3) is 0.625. The molecule has 1 fully saturated rings. The zero-order valence-corrected chi connectivity index (χ0v) is 7.92. The molecule has 0 aliphatic heterocycles. The molecule has 0 radical (unpaired) electrons. The predicted octanol–water partition coefficient (Wildman–Crippen LogP) is 1.64. The maximum absolute atomic E-state index is 11.3. The number of ether oxygens (including phenoxy) is 1. The van der Waals surface area contributed by atoms with Crippen molar-refractivity contribution in [3.05, 3.63) is 11.3 Å². The van der Waals surface area contributed by atoms with E-state index >= 15 is 0 Å². The van der Waals surface area contributed by atoms with E-state index < -0.39 is 0 Å². The lowest BCUT2D eigenvalue weighted by Crippen LogP contribution is -2.15. The molecule has 1 saturated carbocycles. The molecule has 0 aromatic carbocycles. The summed E-state index contributed by atoms with van der Waals surface area (Å²) >= 11 is 1.16. The highest BCUT2D eigenvalue weighted by Gasteiger charge is 2.21. The van der Waals surface area contributed by atoms with Gasteiger partial charge in [0.1, 0.15) is 11.6 Å². The molecule has 1 aliphatic rings. The maximum Gasteiger partial charge on any atom is 0.377 e. The first-order valence-corrected chi connectivity index (χ1v) is 5.17. The molecule has 70 valence electrons. The van der Waals surface area contributed by atoms with Gasteiger partial charge in [-0.2, -0.15) is 4.37 Å². The van der Waals surface area contributed by atoms with Gasteiger partial charge in [0.2, 0.25) is 0 Å². The SMILES string of the molecule is O=C(OC1CCCC1)c1ncsn1. The van der Waals surface area contributed by atoms with E-state index in [2.05, 4.69) is 9.36 Å². The van der Waals surface area contributed by atoms with Gasteiger partial charge in [0, 0.05) is 0 Å². The first-order valence-electron chi connectivity index (χ1n) is 4.33. The molecule has 13 heavy (non-hydrogen) atoms. The normalized spacial score (nSPS) is 17.5. The van der Waals surface area contributed by atoms with Gasteiger partial charge in [-0.25, -0.2) is 9.78 Å². The summed E-state index contributed by atoms with van der Waals surface area (Å²) < 4.78 is 9.01. The smallest absolute Gasteiger partial charge is 0.377 e. The average Bonchev–Trinajstić information content (AvgIpc) is 2.74. The highest BCUT2D eigenvalue weighted by atomic mass is 32.1. The van der Waals surface area contributed by atoms with Crippen molar-refractivity contribution in [1.29, 1.82) is 0 Å². The molecule has 0 bridgehead atoms. The minimum atomic E-state index is -0.381. The Morgan fingerprint density at radius 1 is 1.54 bits per heavy atom. The fourth-order valence-corrected chi connectivity index (χ4v) is 1.89. The lowest BCUT2D eigenvalue weighted by Gasteiger charge is -2.08. The lowest BCUT2D eigenvalue weighted by molar-refractivity contribution is 0.0305. The van der Waals surface area contributed by atoms with Crippen LogP contribution in [0.5, 0.6) is 0 Å². The van der Waals surface area contributed by atoms with Crippen molar-refractivity contribution in [2.75, 3.05) is 0 Å². The van der Waals surface area contributed by atoms with E-state index in [1.54, 1.807) is 0 Å². The number of hydrogen-bond acceptors (Lipinski definition) is 5. The van der Waals surface area contributed by atoms with E-state index in [-0.39, 0.29) is 17.9 Å². The van der Waals surface area contributed by atoms with E-state index in [1.807, 2.05) is 0 Å². The van der Waals surface area contributed by atoms with Crippen molar-refractivity contribution in [3.8, 4) is 0 Å². The van der Waals surface area contributed by atoms with Gasteiger partial charge in [-0.1, -0.05) is 0 Å². The van der Waals surface area contributed by atoms with Crippen LogP contribution in [-0.4, -0.2) is 21.4 Å². The maximum atomic E-state index is 11.3. The fourth-order valence-electron chi connectivity index (χ4n) is 1.47. The predicted molar refractivity (Wildman–Crippen MR) is 47.6 cm³/mol. The van der Waals surface area contributed by atoms with Crippen LogP contribution in [0.3, 0.4) is 0 Å². The van der Waals surface area contributed by atoms with Crippen molar-refractivity contribution < 1.29 is 9.53 Å². The summed E-state index contributed by atoms with van der Waals surface area (Å²) in [6.45, 7) is 0. The largest absolute Gasteiger partial charge is 0.456 e. The van der Waals surface area contributed by atoms with Crippen LogP contribution in [0, 0.1) is 0 Å². The summed E-state index contributed by atoms with van der Waals surface area (Å²) in [5.41, 5.74) is 1.53. The second kappa shape index (κ2) is 3.83. The number of nitrogens with zero attached hydrogens (tertiary/aromatic N) is 2. The van der Waals surface area contributed by atoms with Crippen molar-refractivity contribution in [2.24, 2.45) is 0 Å². The third-order valence-electron chi connectivity index (χ3n) is 2.12. The molecule has 0 spiro atoms. The number of rotatable bonds is 2. The molecule has 1 heterocycles. The van der Waals surface area contributed by atoms with Crippen molar-refractivity contribution >= 4 is 17.5 Å². The van der Waals surface area contributed by atoms with Crippen molar-refractivity contribution in [2.45, 2.75) is 31.8 Å². The zero-order valence-electron chi connectivity index (χ0n) is 7.10. The van der Waals surface area contributed by atoms with Crippen molar-refractivity contribution in [1.82, 2.24) is 9.36 Å². The summed E-state index contributed by atoms with van der Waals surface area (Å²) in [5.74, 6) is -0.190. The van der Waals surface area contributed by atoms with Crippen LogP contribution in [0.25, 0.3) is 0 Å². The molecule has 0 saturated heterocycles. The van der Waals surface area contributed by atoms with Gasteiger partial charge in [-0.05, 0) is 37.2 Å². The molecule has 0 unspecified atom stereocenters. The highest BCUT2D eigenvalue weighted by molar-refractivity contribution is 7.03. The molecule has 1 aromatic heterocycles. The Morgan fingerprint density at radius 2 is 2.31 bits per heavy atom. The van der Waals surface area contributed by atoms with E-state index in [4.69, 9.17) is 4.74 Å². The third kappa shape index (κ3) is 2.03. The van der Waals surface area contributed by atoms with Crippen molar-refractivity contribution in [3.63, 3.8) is 0 Å². The Morgan fingerprint density at radius 3 is 2.92 bits per heavy atom. The minimum Gasteiger partial charge on any atom is -0.456 e. The number of aromatic nitrogens is 2. The Hall–Kier alpha value is -0.970. The van der Waals surface area contributed by atoms with Gasteiger partial charge >= 0.3 is 5.97 Å². The summed E-state index contributed by atoms with van der Waals surface area (Å²) in [6, 6.07) is 0. The first kappa shape index (κ1) is 8.62. The molecule has 0 amide bonds. The number of carbonyl (C=O) groups is 1. The average molecular weight is 198 g/mol. The Kier molecular flexibility index (Phi) is 2.54. The molecule has 1 aromatic rings. The summed E-state index contributed by atoms with van der Waals surface area (Å²) in [5, 5.41) is 0. The van der Waals surface area contributed by atoms with Gasteiger partial charge in [-0.3, -0.25) is 0 Å². The van der Waals surface area contributed by atoms with Crippen LogP contribution in [0.4, 0.5) is 0 Å². The van der Waals surface area contributed by atoms with Crippen LogP contribution in [0.2, 0.25) is 0 Å². The summed E-state index contributed by atoms with van der Waals surface area (Å²) in [7, 11) is 0. The Balaban J connectivity index is 1.91.